The molecule has 0 heterocycles. The Kier molecular flexibility index (Phi) is 9.37. The minimum Gasteiger partial charge on any atom is -0.466 e. The van der Waals surface area contributed by atoms with Gasteiger partial charge in [-0.05, 0) is 85.1 Å². The molecule has 36 heavy (non-hydrogen) atoms. The van der Waals surface area contributed by atoms with E-state index in [1.807, 2.05) is 6.08 Å². The number of hydrogen-bond acceptors (Lipinski definition) is 4. The Labute approximate surface area is 219 Å². The standard InChI is InChI=1S/C31H45NO3Si/c1-23-9-12-26(24(2)21-23)17-18-32(19-20-35-36(7,8)31(3,4)5)29-15-13-27-22-25(10-14-28(27)29)11-16-30(33)34-6/h9-12,14,16,21-22,29H,13,15,17-20H2,1-8H3/b16-11+. The summed E-state index contributed by atoms with van der Waals surface area (Å²) >= 11 is 0. The molecule has 0 bridgehead atoms. The van der Waals surface area contributed by atoms with Crippen LogP contribution in [0.4, 0.5) is 0 Å². The van der Waals surface area contributed by atoms with E-state index < -0.39 is 8.32 Å². The first kappa shape index (κ1) is 28.4. The summed E-state index contributed by atoms with van der Waals surface area (Å²) in [6.45, 7) is 18.7. The molecule has 0 aliphatic heterocycles. The molecule has 0 saturated heterocycles. The molecule has 0 spiro atoms. The molecule has 0 N–H and O–H groups in total. The normalized spacial score (nSPS) is 16.1. The summed E-state index contributed by atoms with van der Waals surface area (Å²) in [5.41, 5.74) is 7.96. The summed E-state index contributed by atoms with van der Waals surface area (Å²) in [5, 5.41) is 0.213. The van der Waals surface area contributed by atoms with Crippen molar-refractivity contribution in [1.82, 2.24) is 4.90 Å². The van der Waals surface area contributed by atoms with Gasteiger partial charge in [0, 0.05) is 31.8 Å². The largest absolute Gasteiger partial charge is 0.466 e. The maximum absolute atomic E-state index is 11.5. The van der Waals surface area contributed by atoms with Crippen LogP contribution < -0.4 is 0 Å². The zero-order chi connectivity index (χ0) is 26.5. The average molecular weight is 508 g/mol. The van der Waals surface area contributed by atoms with Gasteiger partial charge in [0.2, 0.25) is 0 Å². The van der Waals surface area contributed by atoms with Crippen LogP contribution in [0.5, 0.6) is 0 Å². The van der Waals surface area contributed by atoms with Crippen LogP contribution >= 0.6 is 0 Å². The second kappa shape index (κ2) is 11.9. The van der Waals surface area contributed by atoms with Gasteiger partial charge >= 0.3 is 5.97 Å². The van der Waals surface area contributed by atoms with Gasteiger partial charge in [-0.25, -0.2) is 4.79 Å². The Balaban J connectivity index is 1.78. The molecule has 1 atom stereocenters. The summed E-state index contributed by atoms with van der Waals surface area (Å²) in [6.07, 6.45) is 6.54. The SMILES string of the molecule is COC(=O)/C=C/c1ccc2c(c1)CCC2N(CCO[Si](C)(C)C(C)(C)C)CCc1ccc(C)cc1C. The van der Waals surface area contributed by atoms with Crippen LogP contribution in [0, 0.1) is 13.8 Å². The predicted octanol–water partition coefficient (Wildman–Crippen LogP) is 7.04. The van der Waals surface area contributed by atoms with Gasteiger partial charge in [-0.3, -0.25) is 4.90 Å². The molecule has 0 amide bonds. The van der Waals surface area contributed by atoms with Gasteiger partial charge in [-0.2, -0.15) is 0 Å². The van der Waals surface area contributed by atoms with Crippen molar-refractivity contribution in [2.45, 2.75) is 78.1 Å². The lowest BCUT2D eigenvalue weighted by Crippen LogP contribution is -2.43. The molecule has 2 aromatic carbocycles. The number of fused-ring (bicyclic) bond motifs is 1. The number of nitrogens with zero attached hydrogens (tertiary/aromatic N) is 1. The highest BCUT2D eigenvalue weighted by Gasteiger charge is 2.37. The van der Waals surface area contributed by atoms with Gasteiger partial charge < -0.3 is 9.16 Å². The lowest BCUT2D eigenvalue weighted by Gasteiger charge is -2.37. The Bertz CT molecular complexity index is 1080. The minimum atomic E-state index is -1.79. The predicted molar refractivity (Wildman–Crippen MR) is 153 cm³/mol. The molecule has 4 nitrogen and oxygen atoms in total. The fourth-order valence-corrected chi connectivity index (χ4v) is 5.81. The molecule has 0 saturated carbocycles. The van der Waals surface area contributed by atoms with Crippen molar-refractivity contribution in [2.75, 3.05) is 26.8 Å². The minimum absolute atomic E-state index is 0.213. The molecule has 0 fully saturated rings. The van der Waals surface area contributed by atoms with Gasteiger partial charge in [-0.1, -0.05) is 62.7 Å². The van der Waals surface area contributed by atoms with E-state index in [4.69, 9.17) is 9.16 Å². The fourth-order valence-electron chi connectivity index (χ4n) is 4.78. The lowest BCUT2D eigenvalue weighted by atomic mass is 10.0. The van der Waals surface area contributed by atoms with E-state index in [0.717, 1.165) is 44.5 Å². The number of aryl methyl sites for hydroxylation is 3. The molecule has 3 rings (SSSR count). The third-order valence-corrected chi connectivity index (χ3v) is 12.6. The van der Waals surface area contributed by atoms with Crippen molar-refractivity contribution in [3.63, 3.8) is 0 Å². The molecule has 1 unspecified atom stereocenters. The summed E-state index contributed by atoms with van der Waals surface area (Å²) < 4.78 is 11.3. The van der Waals surface area contributed by atoms with Crippen LogP contribution in [0.25, 0.3) is 6.08 Å². The Morgan fingerprint density at radius 3 is 2.53 bits per heavy atom. The summed E-state index contributed by atoms with van der Waals surface area (Å²) in [6, 6.07) is 13.8. The van der Waals surface area contributed by atoms with Crippen molar-refractivity contribution in [2.24, 2.45) is 0 Å². The van der Waals surface area contributed by atoms with E-state index in [-0.39, 0.29) is 11.0 Å². The van der Waals surface area contributed by atoms with Crippen molar-refractivity contribution in [3.05, 3.63) is 75.9 Å². The van der Waals surface area contributed by atoms with E-state index in [0.29, 0.717) is 6.04 Å². The number of carbonyl (C=O) groups is 1. The molecule has 1 aliphatic carbocycles. The number of rotatable bonds is 10. The number of esters is 1. The van der Waals surface area contributed by atoms with E-state index in [1.165, 1.54) is 41.0 Å². The maximum Gasteiger partial charge on any atom is 0.330 e. The molecule has 5 heteroatoms. The average Bonchev–Trinajstić information content (AvgIpc) is 3.23. The van der Waals surface area contributed by atoms with Gasteiger partial charge in [0.1, 0.15) is 0 Å². The monoisotopic (exact) mass is 507 g/mol. The lowest BCUT2D eigenvalue weighted by molar-refractivity contribution is -0.134. The molecular formula is C31H45NO3Si. The maximum atomic E-state index is 11.5. The number of ether oxygens (including phenoxy) is 1. The molecule has 2 aromatic rings. The van der Waals surface area contributed by atoms with E-state index >= 15 is 0 Å². The van der Waals surface area contributed by atoms with Crippen LogP contribution in [0.2, 0.25) is 18.1 Å². The van der Waals surface area contributed by atoms with Crippen LogP contribution in [-0.4, -0.2) is 46.0 Å². The topological polar surface area (TPSA) is 38.8 Å². The first-order chi connectivity index (χ1) is 16.9. The highest BCUT2D eigenvalue weighted by atomic mass is 28.4. The van der Waals surface area contributed by atoms with Crippen molar-refractivity contribution in [1.29, 1.82) is 0 Å². The van der Waals surface area contributed by atoms with Crippen LogP contribution in [-0.2, 0) is 26.8 Å². The van der Waals surface area contributed by atoms with Gasteiger partial charge in [0.25, 0.3) is 0 Å². The highest BCUT2D eigenvalue weighted by Crippen LogP contribution is 2.38. The Morgan fingerprint density at radius 2 is 1.86 bits per heavy atom. The first-order valence-electron chi connectivity index (χ1n) is 13.2. The molecular weight excluding hydrogens is 462 g/mol. The smallest absolute Gasteiger partial charge is 0.330 e. The van der Waals surface area contributed by atoms with Crippen molar-refractivity contribution >= 4 is 20.4 Å². The summed E-state index contributed by atoms with van der Waals surface area (Å²) in [4.78, 5) is 14.1. The summed E-state index contributed by atoms with van der Waals surface area (Å²) in [5.74, 6) is -0.326. The van der Waals surface area contributed by atoms with Crippen LogP contribution in [0.3, 0.4) is 0 Å². The highest BCUT2D eigenvalue weighted by molar-refractivity contribution is 6.74. The second-order valence-corrected chi connectivity index (χ2v) is 16.5. The van der Waals surface area contributed by atoms with E-state index in [2.05, 4.69) is 89.0 Å². The second-order valence-electron chi connectivity index (χ2n) is 11.7. The quantitative estimate of drug-likeness (QED) is 0.196. The van der Waals surface area contributed by atoms with E-state index in [1.54, 1.807) is 0 Å². The third-order valence-electron chi connectivity index (χ3n) is 8.08. The number of hydrogen-bond donors (Lipinski definition) is 0. The summed E-state index contributed by atoms with van der Waals surface area (Å²) in [7, 11) is -0.382. The number of carbonyl (C=O) groups excluding carboxylic acids is 1. The van der Waals surface area contributed by atoms with Crippen LogP contribution in [0.1, 0.15) is 66.6 Å². The van der Waals surface area contributed by atoms with Gasteiger partial charge in [0.15, 0.2) is 8.32 Å². The van der Waals surface area contributed by atoms with Crippen LogP contribution in [0.15, 0.2) is 42.5 Å². The number of methoxy groups -OCH3 is 1. The zero-order valence-electron chi connectivity index (χ0n) is 23.6. The molecule has 196 valence electrons. The zero-order valence-corrected chi connectivity index (χ0v) is 24.6. The first-order valence-corrected chi connectivity index (χ1v) is 16.1. The van der Waals surface area contributed by atoms with Crippen molar-refractivity contribution in [3.8, 4) is 0 Å². The third kappa shape index (κ3) is 7.18. The Morgan fingerprint density at radius 1 is 1.11 bits per heavy atom. The van der Waals surface area contributed by atoms with E-state index in [9.17, 15) is 4.79 Å². The molecule has 0 radical (unpaired) electrons. The van der Waals surface area contributed by atoms with Crippen molar-refractivity contribution < 1.29 is 14.0 Å². The van der Waals surface area contributed by atoms with Gasteiger partial charge in [-0.15, -0.1) is 0 Å². The van der Waals surface area contributed by atoms with Gasteiger partial charge in [0.05, 0.1) is 7.11 Å². The number of benzene rings is 2. The Hall–Kier alpha value is -2.21. The molecule has 1 aliphatic rings. The fraction of sp³-hybridized carbons (Fsp3) is 0.516. The molecule has 0 aromatic heterocycles.